The van der Waals surface area contributed by atoms with Gasteiger partial charge in [0.2, 0.25) is 0 Å². The highest BCUT2D eigenvalue weighted by Crippen LogP contribution is 2.08. The van der Waals surface area contributed by atoms with Gasteiger partial charge in [0.25, 0.3) is 0 Å². The van der Waals surface area contributed by atoms with Crippen molar-refractivity contribution in [3.05, 3.63) is 0 Å². The molecule has 0 bridgehead atoms. The van der Waals surface area contributed by atoms with E-state index in [0.29, 0.717) is 6.54 Å². The van der Waals surface area contributed by atoms with Crippen molar-refractivity contribution in [1.82, 2.24) is 5.32 Å². The summed E-state index contributed by atoms with van der Waals surface area (Å²) in [5.74, 6) is -0.115. The van der Waals surface area contributed by atoms with E-state index in [1.807, 2.05) is 6.92 Å². The van der Waals surface area contributed by atoms with Crippen LogP contribution in [-0.4, -0.2) is 31.2 Å². The Balaban J connectivity index is 2.22. The molecule has 1 heterocycles. The van der Waals surface area contributed by atoms with Gasteiger partial charge in [-0.05, 0) is 26.3 Å². The van der Waals surface area contributed by atoms with Gasteiger partial charge in [-0.3, -0.25) is 4.79 Å². The Kier molecular flexibility index (Phi) is 4.18. The molecule has 0 aromatic heterocycles. The summed E-state index contributed by atoms with van der Waals surface area (Å²) in [4.78, 5) is 11.3. The molecule has 13 heavy (non-hydrogen) atoms. The minimum Gasteiger partial charge on any atom is -0.460 e. The number of hydrogen-bond acceptors (Lipinski definition) is 4. The van der Waals surface area contributed by atoms with E-state index in [-0.39, 0.29) is 18.1 Å². The second-order valence-electron chi connectivity index (χ2n) is 3.49. The predicted octanol–water partition coefficient (Wildman–Crippen LogP) is 0.0189. The van der Waals surface area contributed by atoms with Crippen molar-refractivity contribution in [2.75, 3.05) is 13.1 Å². The Hall–Kier alpha value is -0.610. The van der Waals surface area contributed by atoms with Gasteiger partial charge in [0, 0.05) is 6.54 Å². The van der Waals surface area contributed by atoms with E-state index in [2.05, 4.69) is 5.32 Å². The Bertz CT molecular complexity index is 173. The van der Waals surface area contributed by atoms with E-state index in [1.165, 1.54) is 0 Å². The summed E-state index contributed by atoms with van der Waals surface area (Å²) in [5.41, 5.74) is 5.36. The van der Waals surface area contributed by atoms with Crippen LogP contribution in [0.5, 0.6) is 0 Å². The molecule has 2 atom stereocenters. The molecule has 0 aromatic carbocycles. The van der Waals surface area contributed by atoms with Crippen LogP contribution < -0.4 is 11.1 Å². The van der Waals surface area contributed by atoms with Crippen LogP contribution in [0.2, 0.25) is 0 Å². The summed E-state index contributed by atoms with van der Waals surface area (Å²) in [6.45, 7) is 3.35. The first-order chi connectivity index (χ1) is 6.24. The number of esters is 1. The summed E-state index contributed by atoms with van der Waals surface area (Å²) in [6.07, 6.45) is 2.81. The summed E-state index contributed by atoms with van der Waals surface area (Å²) >= 11 is 0. The monoisotopic (exact) mass is 186 g/mol. The van der Waals surface area contributed by atoms with Crippen molar-refractivity contribution < 1.29 is 9.53 Å². The topological polar surface area (TPSA) is 64.3 Å². The lowest BCUT2D eigenvalue weighted by Gasteiger charge is -2.27. The molecular weight excluding hydrogens is 168 g/mol. The molecule has 0 radical (unpaired) electrons. The average molecular weight is 186 g/mol. The summed E-state index contributed by atoms with van der Waals surface area (Å²) in [5, 5.41) is 3.16. The number of nitrogens with two attached hydrogens (primary N) is 1. The molecular formula is C9H18N2O2. The van der Waals surface area contributed by atoms with Gasteiger partial charge in [-0.25, -0.2) is 0 Å². The van der Waals surface area contributed by atoms with Gasteiger partial charge in [-0.1, -0.05) is 6.42 Å². The molecule has 1 rings (SSSR count). The summed E-state index contributed by atoms with van der Waals surface area (Å²) in [7, 11) is 0. The van der Waals surface area contributed by atoms with Gasteiger partial charge < -0.3 is 15.8 Å². The third-order valence-electron chi connectivity index (χ3n) is 2.20. The molecule has 76 valence electrons. The molecule has 3 N–H and O–H groups in total. The lowest BCUT2D eigenvalue weighted by molar-refractivity contribution is -0.155. The highest BCUT2D eigenvalue weighted by atomic mass is 16.5. The smallest absolute Gasteiger partial charge is 0.323 e. The number of cyclic esters (lactones) is 1. The highest BCUT2D eigenvalue weighted by Gasteiger charge is 2.26. The van der Waals surface area contributed by atoms with Crippen molar-refractivity contribution in [2.45, 2.75) is 38.3 Å². The van der Waals surface area contributed by atoms with Crippen molar-refractivity contribution in [2.24, 2.45) is 5.73 Å². The van der Waals surface area contributed by atoms with Crippen LogP contribution >= 0.6 is 0 Å². The van der Waals surface area contributed by atoms with Gasteiger partial charge in [0.1, 0.15) is 12.1 Å². The summed E-state index contributed by atoms with van der Waals surface area (Å²) < 4.78 is 5.10. The Labute approximate surface area is 78.8 Å². The molecule has 1 saturated heterocycles. The zero-order valence-electron chi connectivity index (χ0n) is 8.08. The SMILES string of the molecule is CC1CNC(CCCCN)C(=O)O1. The number of nitrogens with one attached hydrogen (secondary N) is 1. The first kappa shape index (κ1) is 10.5. The molecule has 0 aromatic rings. The molecule has 1 fully saturated rings. The third-order valence-corrected chi connectivity index (χ3v) is 2.20. The molecule has 1 aliphatic rings. The Morgan fingerprint density at radius 2 is 2.38 bits per heavy atom. The third kappa shape index (κ3) is 3.32. The fraction of sp³-hybridized carbons (Fsp3) is 0.889. The van der Waals surface area contributed by atoms with Crippen LogP contribution in [0.25, 0.3) is 0 Å². The maximum Gasteiger partial charge on any atom is 0.323 e. The van der Waals surface area contributed by atoms with Crippen molar-refractivity contribution >= 4 is 5.97 Å². The molecule has 1 aliphatic heterocycles. The Morgan fingerprint density at radius 1 is 1.62 bits per heavy atom. The maximum atomic E-state index is 11.3. The molecule has 4 heteroatoms. The number of morpholine rings is 1. The first-order valence-corrected chi connectivity index (χ1v) is 4.88. The number of hydrogen-bond donors (Lipinski definition) is 2. The highest BCUT2D eigenvalue weighted by molar-refractivity contribution is 5.76. The van der Waals surface area contributed by atoms with Gasteiger partial charge >= 0.3 is 5.97 Å². The second kappa shape index (κ2) is 5.19. The zero-order chi connectivity index (χ0) is 9.68. The van der Waals surface area contributed by atoms with Crippen LogP contribution in [0.4, 0.5) is 0 Å². The van der Waals surface area contributed by atoms with Crippen LogP contribution in [0.1, 0.15) is 26.2 Å². The van der Waals surface area contributed by atoms with E-state index in [9.17, 15) is 4.79 Å². The van der Waals surface area contributed by atoms with Gasteiger partial charge in [0.05, 0.1) is 0 Å². The Morgan fingerprint density at radius 3 is 3.00 bits per heavy atom. The average Bonchev–Trinajstić information content (AvgIpc) is 2.09. The molecule has 0 saturated carbocycles. The van der Waals surface area contributed by atoms with E-state index in [1.54, 1.807) is 0 Å². The van der Waals surface area contributed by atoms with Gasteiger partial charge in [-0.2, -0.15) is 0 Å². The molecule has 0 aliphatic carbocycles. The maximum absolute atomic E-state index is 11.3. The normalized spacial score (nSPS) is 28.6. The van der Waals surface area contributed by atoms with Crippen molar-refractivity contribution in [3.8, 4) is 0 Å². The first-order valence-electron chi connectivity index (χ1n) is 4.88. The molecule has 0 amide bonds. The van der Waals surface area contributed by atoms with Gasteiger partial charge in [-0.15, -0.1) is 0 Å². The quantitative estimate of drug-likeness (QED) is 0.480. The molecule has 2 unspecified atom stereocenters. The number of carbonyl (C=O) groups excluding carboxylic acids is 1. The summed E-state index contributed by atoms with van der Waals surface area (Å²) in [6, 6.07) is -0.109. The van der Waals surface area contributed by atoms with Crippen LogP contribution in [-0.2, 0) is 9.53 Å². The van der Waals surface area contributed by atoms with Crippen molar-refractivity contribution in [1.29, 1.82) is 0 Å². The van der Waals surface area contributed by atoms with Crippen LogP contribution in [0, 0.1) is 0 Å². The number of unbranched alkanes of at least 4 members (excludes halogenated alkanes) is 1. The largest absolute Gasteiger partial charge is 0.460 e. The van der Waals surface area contributed by atoms with E-state index < -0.39 is 0 Å². The lowest BCUT2D eigenvalue weighted by atomic mass is 10.1. The van der Waals surface area contributed by atoms with E-state index >= 15 is 0 Å². The minimum absolute atomic E-state index is 0.0123. The molecule has 4 nitrogen and oxygen atoms in total. The van der Waals surface area contributed by atoms with Crippen molar-refractivity contribution in [3.63, 3.8) is 0 Å². The fourth-order valence-corrected chi connectivity index (χ4v) is 1.43. The number of carbonyl (C=O) groups is 1. The minimum atomic E-state index is -0.115. The van der Waals surface area contributed by atoms with E-state index in [0.717, 1.165) is 25.8 Å². The van der Waals surface area contributed by atoms with E-state index in [4.69, 9.17) is 10.5 Å². The second-order valence-corrected chi connectivity index (χ2v) is 3.49. The lowest BCUT2D eigenvalue weighted by Crippen LogP contribution is -2.48. The van der Waals surface area contributed by atoms with Gasteiger partial charge in [0.15, 0.2) is 0 Å². The number of rotatable bonds is 4. The van der Waals surface area contributed by atoms with Crippen LogP contribution in [0.15, 0.2) is 0 Å². The number of ether oxygens (including phenoxy) is 1. The fourth-order valence-electron chi connectivity index (χ4n) is 1.43. The zero-order valence-corrected chi connectivity index (χ0v) is 8.08. The standard InChI is InChI=1S/C9H18N2O2/c1-7-6-11-8(9(12)13-7)4-2-3-5-10/h7-8,11H,2-6,10H2,1H3. The predicted molar refractivity (Wildman–Crippen MR) is 50.3 cm³/mol. The molecule has 0 spiro atoms. The van der Waals surface area contributed by atoms with Crippen LogP contribution in [0.3, 0.4) is 0 Å².